The highest BCUT2D eigenvalue weighted by molar-refractivity contribution is 5.78. The molecule has 2 aromatic carbocycles. The molecule has 0 saturated heterocycles. The summed E-state index contributed by atoms with van der Waals surface area (Å²) >= 11 is 0. The van der Waals surface area contributed by atoms with E-state index in [9.17, 15) is 9.59 Å². The number of rotatable bonds is 4. The van der Waals surface area contributed by atoms with Gasteiger partial charge >= 0.3 is 5.97 Å². The molecule has 1 unspecified atom stereocenters. The number of aldehydes is 1. The molecule has 4 N–H and O–H groups in total. The fourth-order valence-corrected chi connectivity index (χ4v) is 1.54. The van der Waals surface area contributed by atoms with E-state index in [0.29, 0.717) is 18.3 Å². The fraction of sp³-hybridized carbons (Fsp3) is 0.125. The van der Waals surface area contributed by atoms with E-state index in [4.69, 9.17) is 15.9 Å². The first-order valence-electron chi connectivity index (χ1n) is 6.30. The molecule has 0 saturated carbocycles. The molecule has 0 aliphatic rings. The maximum atomic E-state index is 10.4. The molecule has 2 rings (SSSR count). The molecular formula is C16H17NO4. The van der Waals surface area contributed by atoms with Crippen molar-refractivity contribution in [1.82, 2.24) is 0 Å². The Morgan fingerprint density at radius 1 is 1.10 bits per heavy atom. The Bertz CT molecular complexity index is 584. The Balaban J connectivity index is 0.000000219. The van der Waals surface area contributed by atoms with Crippen molar-refractivity contribution in [1.29, 1.82) is 0 Å². The van der Waals surface area contributed by atoms with Crippen molar-refractivity contribution in [2.45, 2.75) is 12.5 Å². The number of phenolic OH excluding ortho intramolecular Hbond substituents is 1. The summed E-state index contributed by atoms with van der Waals surface area (Å²) in [4.78, 5) is 20.4. The van der Waals surface area contributed by atoms with E-state index >= 15 is 0 Å². The van der Waals surface area contributed by atoms with Crippen LogP contribution in [0.15, 0.2) is 54.6 Å². The maximum Gasteiger partial charge on any atom is 0.320 e. The van der Waals surface area contributed by atoms with Gasteiger partial charge in [0.15, 0.2) is 6.29 Å². The third kappa shape index (κ3) is 5.88. The van der Waals surface area contributed by atoms with Gasteiger partial charge < -0.3 is 15.9 Å². The topological polar surface area (TPSA) is 101 Å². The Hall–Kier alpha value is -2.66. The van der Waals surface area contributed by atoms with Crippen molar-refractivity contribution in [3.8, 4) is 5.75 Å². The molecule has 0 fully saturated rings. The largest absolute Gasteiger partial charge is 0.507 e. The smallest absolute Gasteiger partial charge is 0.320 e. The van der Waals surface area contributed by atoms with Gasteiger partial charge in [-0.1, -0.05) is 42.5 Å². The van der Waals surface area contributed by atoms with Gasteiger partial charge in [0.05, 0.1) is 5.56 Å². The van der Waals surface area contributed by atoms with E-state index in [-0.39, 0.29) is 5.75 Å². The van der Waals surface area contributed by atoms with Crippen LogP contribution >= 0.6 is 0 Å². The normalized spacial score (nSPS) is 10.9. The quantitative estimate of drug-likeness (QED) is 0.745. The number of carbonyl (C=O) groups excluding carboxylic acids is 1. The standard InChI is InChI=1S/C9H11NO2.C7H6O2/c10-8(9(11)12)6-7-4-2-1-3-5-7;8-5-6-3-1-2-4-7(6)9/h1-5,8H,6,10H2,(H,11,12);1-5,9H. The Labute approximate surface area is 122 Å². The SMILES string of the molecule is NC(Cc1ccccc1)C(=O)O.O=Cc1ccccc1O. The fourth-order valence-electron chi connectivity index (χ4n) is 1.54. The molecule has 0 radical (unpaired) electrons. The lowest BCUT2D eigenvalue weighted by molar-refractivity contribution is -0.138. The van der Waals surface area contributed by atoms with Crippen molar-refractivity contribution in [2.75, 3.05) is 0 Å². The lowest BCUT2D eigenvalue weighted by Gasteiger charge is -2.04. The molecule has 5 heteroatoms. The molecule has 5 nitrogen and oxygen atoms in total. The molecule has 0 aromatic heterocycles. The first-order chi connectivity index (χ1) is 10.0. The highest BCUT2D eigenvalue weighted by Gasteiger charge is 2.10. The van der Waals surface area contributed by atoms with E-state index in [1.807, 2.05) is 30.3 Å². The van der Waals surface area contributed by atoms with Crippen molar-refractivity contribution in [3.63, 3.8) is 0 Å². The molecule has 21 heavy (non-hydrogen) atoms. The number of phenols is 1. The summed E-state index contributed by atoms with van der Waals surface area (Å²) in [5.41, 5.74) is 6.63. The lowest BCUT2D eigenvalue weighted by atomic mass is 10.1. The minimum absolute atomic E-state index is 0.0347. The predicted octanol–water partition coefficient (Wildman–Crippen LogP) is 1.85. The van der Waals surface area contributed by atoms with Crippen LogP contribution in [-0.2, 0) is 11.2 Å². The molecule has 0 amide bonds. The molecule has 0 aliphatic carbocycles. The zero-order chi connectivity index (χ0) is 15.7. The van der Waals surface area contributed by atoms with Crippen LogP contribution in [0.3, 0.4) is 0 Å². The molecular weight excluding hydrogens is 270 g/mol. The van der Waals surface area contributed by atoms with E-state index in [2.05, 4.69) is 0 Å². The summed E-state index contributed by atoms with van der Waals surface area (Å²) in [6, 6.07) is 14.9. The third-order valence-corrected chi connectivity index (χ3v) is 2.68. The minimum Gasteiger partial charge on any atom is -0.507 e. The summed E-state index contributed by atoms with van der Waals surface area (Å²) in [5, 5.41) is 17.4. The van der Waals surface area contributed by atoms with Gasteiger partial charge in [-0.05, 0) is 24.1 Å². The van der Waals surface area contributed by atoms with Gasteiger partial charge in [-0.15, -0.1) is 0 Å². The van der Waals surface area contributed by atoms with E-state index in [0.717, 1.165) is 5.56 Å². The number of para-hydroxylation sites is 1. The number of hydrogen-bond donors (Lipinski definition) is 3. The first kappa shape index (κ1) is 16.4. The van der Waals surface area contributed by atoms with Crippen LogP contribution in [0.25, 0.3) is 0 Å². The second kappa shape index (κ2) is 8.50. The van der Waals surface area contributed by atoms with Gasteiger partial charge in [-0.2, -0.15) is 0 Å². The van der Waals surface area contributed by atoms with Crippen molar-refractivity contribution < 1.29 is 19.8 Å². The number of benzene rings is 2. The first-order valence-corrected chi connectivity index (χ1v) is 6.30. The van der Waals surface area contributed by atoms with Crippen LogP contribution in [-0.4, -0.2) is 28.5 Å². The van der Waals surface area contributed by atoms with Gasteiger partial charge in [0.2, 0.25) is 0 Å². The van der Waals surface area contributed by atoms with Gasteiger partial charge in [-0.3, -0.25) is 9.59 Å². The van der Waals surface area contributed by atoms with Gasteiger partial charge in [-0.25, -0.2) is 0 Å². The highest BCUT2D eigenvalue weighted by Crippen LogP contribution is 2.11. The van der Waals surface area contributed by atoms with Crippen molar-refractivity contribution in [2.24, 2.45) is 5.73 Å². The van der Waals surface area contributed by atoms with Crippen LogP contribution in [0.5, 0.6) is 5.75 Å². The van der Waals surface area contributed by atoms with Gasteiger partial charge in [0.1, 0.15) is 11.8 Å². The third-order valence-electron chi connectivity index (χ3n) is 2.68. The van der Waals surface area contributed by atoms with Crippen molar-refractivity contribution >= 4 is 12.3 Å². The predicted molar refractivity (Wildman–Crippen MR) is 79.3 cm³/mol. The van der Waals surface area contributed by atoms with Crippen molar-refractivity contribution in [3.05, 3.63) is 65.7 Å². The molecule has 0 heterocycles. The van der Waals surface area contributed by atoms with E-state index in [1.165, 1.54) is 6.07 Å². The Morgan fingerprint density at radius 2 is 1.67 bits per heavy atom. The summed E-state index contributed by atoms with van der Waals surface area (Å²) < 4.78 is 0. The Kier molecular flexibility index (Phi) is 6.63. The summed E-state index contributed by atoms with van der Waals surface area (Å²) in [7, 11) is 0. The van der Waals surface area contributed by atoms with Crippen LogP contribution in [0.1, 0.15) is 15.9 Å². The van der Waals surface area contributed by atoms with Gasteiger partial charge in [0.25, 0.3) is 0 Å². The van der Waals surface area contributed by atoms with Crippen LogP contribution < -0.4 is 5.73 Å². The number of carboxylic acid groups (broad SMARTS) is 1. The summed E-state index contributed by atoms with van der Waals surface area (Å²) in [5.74, 6) is -0.925. The summed E-state index contributed by atoms with van der Waals surface area (Å²) in [6.07, 6.45) is 1.01. The number of hydrogen-bond acceptors (Lipinski definition) is 4. The number of nitrogens with two attached hydrogens (primary N) is 1. The number of carboxylic acids is 1. The zero-order valence-corrected chi connectivity index (χ0v) is 11.3. The van der Waals surface area contributed by atoms with E-state index in [1.54, 1.807) is 18.2 Å². The number of carbonyl (C=O) groups is 2. The highest BCUT2D eigenvalue weighted by atomic mass is 16.4. The molecule has 2 aromatic rings. The molecule has 1 atom stereocenters. The molecule has 0 bridgehead atoms. The number of aliphatic carboxylic acids is 1. The summed E-state index contributed by atoms with van der Waals surface area (Å²) in [6.45, 7) is 0. The average molecular weight is 287 g/mol. The second-order valence-electron chi connectivity index (χ2n) is 4.31. The molecule has 110 valence electrons. The molecule has 0 spiro atoms. The average Bonchev–Trinajstić information content (AvgIpc) is 2.49. The van der Waals surface area contributed by atoms with E-state index < -0.39 is 12.0 Å². The Morgan fingerprint density at radius 3 is 2.14 bits per heavy atom. The van der Waals surface area contributed by atoms with Crippen LogP contribution in [0, 0.1) is 0 Å². The second-order valence-corrected chi connectivity index (χ2v) is 4.31. The minimum atomic E-state index is -0.959. The zero-order valence-electron chi connectivity index (χ0n) is 11.3. The van der Waals surface area contributed by atoms with Gasteiger partial charge in [0, 0.05) is 0 Å². The van der Waals surface area contributed by atoms with Crippen LogP contribution in [0.4, 0.5) is 0 Å². The number of aromatic hydroxyl groups is 1. The van der Waals surface area contributed by atoms with Crippen LogP contribution in [0.2, 0.25) is 0 Å². The monoisotopic (exact) mass is 287 g/mol. The molecule has 0 aliphatic heterocycles. The maximum absolute atomic E-state index is 10.4. The lowest BCUT2D eigenvalue weighted by Crippen LogP contribution is -2.32.